The van der Waals surface area contributed by atoms with E-state index in [0.717, 1.165) is 17.7 Å². The van der Waals surface area contributed by atoms with Gasteiger partial charge >= 0.3 is 0 Å². The molecule has 5 N–H and O–H groups in total. The molecule has 1 fully saturated rings. The number of carbonyl (C=O) groups excluding carboxylic acids is 1. The van der Waals surface area contributed by atoms with Crippen LogP contribution in [0.4, 0.5) is 0 Å². The number of carbonyl (C=O) groups is 1. The Morgan fingerprint density at radius 1 is 1.20 bits per heavy atom. The summed E-state index contributed by atoms with van der Waals surface area (Å²) in [7, 11) is 0. The minimum atomic E-state index is -0.840. The zero-order chi connectivity index (χ0) is 21.5. The fraction of sp³-hybridized carbons (Fsp3) is 0.409. The molecular formula is C22H28N2O6. The highest BCUT2D eigenvalue weighted by Crippen LogP contribution is 2.24. The van der Waals surface area contributed by atoms with Gasteiger partial charge in [-0.25, -0.2) is 0 Å². The second kappa shape index (κ2) is 10.3. The minimum Gasteiger partial charge on any atom is -0.508 e. The molecule has 1 aliphatic heterocycles. The Morgan fingerprint density at radius 2 is 1.90 bits per heavy atom. The van der Waals surface area contributed by atoms with Gasteiger partial charge in [0.2, 0.25) is 5.91 Å². The predicted octanol–water partition coefficient (Wildman–Crippen LogP) is 1.25. The Morgan fingerprint density at radius 3 is 2.53 bits per heavy atom. The van der Waals surface area contributed by atoms with Gasteiger partial charge in [0, 0.05) is 25.2 Å². The number of phenols is 2. The Labute approximate surface area is 175 Å². The molecule has 0 bridgehead atoms. The van der Waals surface area contributed by atoms with Crippen LogP contribution in [0.15, 0.2) is 42.5 Å². The molecule has 0 saturated carbocycles. The summed E-state index contributed by atoms with van der Waals surface area (Å²) < 4.78 is 11.1. The van der Waals surface area contributed by atoms with E-state index in [9.17, 15) is 20.1 Å². The Balaban J connectivity index is 1.41. The second-order valence-corrected chi connectivity index (χ2v) is 7.50. The first kappa shape index (κ1) is 21.9. The van der Waals surface area contributed by atoms with Gasteiger partial charge in [-0.2, -0.15) is 0 Å². The monoisotopic (exact) mass is 416 g/mol. The summed E-state index contributed by atoms with van der Waals surface area (Å²) in [4.78, 5) is 11.1. The zero-order valence-electron chi connectivity index (χ0n) is 16.9. The molecule has 0 spiro atoms. The lowest BCUT2D eigenvalue weighted by Crippen LogP contribution is -2.45. The van der Waals surface area contributed by atoms with Crippen LogP contribution in [0.2, 0.25) is 0 Å². The van der Waals surface area contributed by atoms with E-state index in [-0.39, 0.29) is 36.2 Å². The van der Waals surface area contributed by atoms with Crippen LogP contribution in [-0.2, 0) is 16.0 Å². The van der Waals surface area contributed by atoms with Gasteiger partial charge < -0.3 is 35.4 Å². The maximum Gasteiger partial charge on any atom is 0.246 e. The van der Waals surface area contributed by atoms with E-state index in [2.05, 4.69) is 10.6 Å². The van der Waals surface area contributed by atoms with Gasteiger partial charge in [0.25, 0.3) is 0 Å². The first-order valence-electron chi connectivity index (χ1n) is 9.93. The van der Waals surface area contributed by atoms with Crippen molar-refractivity contribution < 1.29 is 29.6 Å². The molecule has 8 heteroatoms. The van der Waals surface area contributed by atoms with Gasteiger partial charge in [-0.3, -0.25) is 4.79 Å². The highest BCUT2D eigenvalue weighted by atomic mass is 16.5. The largest absolute Gasteiger partial charge is 0.508 e. The minimum absolute atomic E-state index is 0.0686. The number of aliphatic hydroxyl groups excluding tert-OH is 1. The maximum absolute atomic E-state index is 11.1. The van der Waals surface area contributed by atoms with E-state index in [1.807, 2.05) is 31.2 Å². The number of aliphatic hydroxyl groups is 1. The predicted molar refractivity (Wildman–Crippen MR) is 111 cm³/mol. The van der Waals surface area contributed by atoms with Crippen molar-refractivity contribution in [2.75, 3.05) is 26.3 Å². The number of aromatic hydroxyl groups is 2. The van der Waals surface area contributed by atoms with Crippen molar-refractivity contribution in [3.05, 3.63) is 53.6 Å². The number of phenolic OH excluding ortho intramolecular Hbond substituents is 2. The van der Waals surface area contributed by atoms with Crippen molar-refractivity contribution in [1.29, 1.82) is 0 Å². The van der Waals surface area contributed by atoms with Crippen molar-refractivity contribution in [3.8, 4) is 17.2 Å². The van der Waals surface area contributed by atoms with Gasteiger partial charge in [-0.1, -0.05) is 12.1 Å². The Kier molecular flexibility index (Phi) is 7.51. The molecule has 1 amide bonds. The van der Waals surface area contributed by atoms with Crippen LogP contribution in [-0.4, -0.2) is 59.7 Å². The Hall–Kier alpha value is -2.81. The summed E-state index contributed by atoms with van der Waals surface area (Å²) >= 11 is 0. The van der Waals surface area contributed by atoms with Crippen molar-refractivity contribution in [1.82, 2.24) is 10.6 Å². The molecule has 0 radical (unpaired) electrons. The molecule has 3 atom stereocenters. The van der Waals surface area contributed by atoms with Crippen molar-refractivity contribution in [2.24, 2.45) is 0 Å². The molecule has 1 saturated heterocycles. The molecule has 1 heterocycles. The van der Waals surface area contributed by atoms with Crippen LogP contribution in [0.1, 0.15) is 24.2 Å². The van der Waals surface area contributed by atoms with Gasteiger partial charge in [-0.15, -0.1) is 0 Å². The summed E-state index contributed by atoms with van der Waals surface area (Å²) in [6.45, 7) is 3.21. The van der Waals surface area contributed by atoms with Crippen LogP contribution in [0.25, 0.3) is 0 Å². The number of ether oxygens (including phenoxy) is 2. The van der Waals surface area contributed by atoms with Crippen LogP contribution >= 0.6 is 0 Å². The molecule has 1 aliphatic rings. The summed E-state index contributed by atoms with van der Waals surface area (Å²) in [6, 6.07) is 12.0. The van der Waals surface area contributed by atoms with E-state index in [1.165, 1.54) is 18.2 Å². The van der Waals surface area contributed by atoms with Crippen molar-refractivity contribution in [3.63, 3.8) is 0 Å². The van der Waals surface area contributed by atoms with Crippen molar-refractivity contribution in [2.45, 2.75) is 31.6 Å². The average Bonchev–Trinajstić information content (AvgIpc) is 2.72. The third-order valence-electron chi connectivity index (χ3n) is 4.85. The molecule has 3 unspecified atom stereocenters. The molecule has 2 aromatic carbocycles. The normalized spacial score (nSPS) is 18.5. The summed E-state index contributed by atoms with van der Waals surface area (Å²) in [5.41, 5.74) is 1.57. The Bertz CT molecular complexity index is 812. The van der Waals surface area contributed by atoms with Gasteiger partial charge in [0.05, 0.1) is 6.10 Å². The molecule has 0 aliphatic carbocycles. The summed E-state index contributed by atoms with van der Waals surface area (Å²) in [5.74, 6) is 0.461. The lowest BCUT2D eigenvalue weighted by Gasteiger charge is -2.23. The van der Waals surface area contributed by atoms with Gasteiger partial charge in [-0.05, 0) is 48.7 Å². The fourth-order valence-electron chi connectivity index (χ4n) is 3.22. The lowest BCUT2D eigenvalue weighted by atomic mass is 10.1. The molecule has 3 rings (SSSR count). The molecule has 30 heavy (non-hydrogen) atoms. The zero-order valence-corrected chi connectivity index (χ0v) is 16.9. The fourth-order valence-corrected chi connectivity index (χ4v) is 3.22. The molecule has 0 aromatic heterocycles. The first-order valence-corrected chi connectivity index (χ1v) is 9.93. The SMILES string of the molecule is CC(Cc1ccc(OCC2CNC(=O)CO2)cc1)NCC(O)c1cc(O)cc(O)c1. The van der Waals surface area contributed by atoms with E-state index in [1.54, 1.807) is 0 Å². The second-order valence-electron chi connectivity index (χ2n) is 7.50. The third-order valence-corrected chi connectivity index (χ3v) is 4.85. The first-order chi connectivity index (χ1) is 14.4. The maximum atomic E-state index is 11.1. The molecular weight excluding hydrogens is 388 g/mol. The number of hydrogen-bond acceptors (Lipinski definition) is 7. The smallest absolute Gasteiger partial charge is 0.246 e. The lowest BCUT2D eigenvalue weighted by molar-refractivity contribution is -0.134. The molecule has 162 valence electrons. The van der Waals surface area contributed by atoms with E-state index >= 15 is 0 Å². The van der Waals surface area contributed by atoms with E-state index in [4.69, 9.17) is 9.47 Å². The average molecular weight is 416 g/mol. The van der Waals surface area contributed by atoms with E-state index < -0.39 is 6.10 Å². The molecule has 2 aromatic rings. The number of amides is 1. The topological polar surface area (TPSA) is 120 Å². The highest BCUT2D eigenvalue weighted by molar-refractivity contribution is 5.77. The number of nitrogens with one attached hydrogen (secondary N) is 2. The summed E-state index contributed by atoms with van der Waals surface area (Å²) in [5, 5.41) is 35.3. The van der Waals surface area contributed by atoms with Gasteiger partial charge in [0.15, 0.2) is 0 Å². The number of hydrogen-bond donors (Lipinski definition) is 5. The standard InChI is InChI=1S/C22H28N2O6/c1-14(23-11-21(27)16-7-17(25)9-18(26)8-16)6-15-2-4-19(5-3-15)29-12-20-10-24-22(28)13-30-20/h2-5,7-9,14,20-21,23,25-27H,6,10-13H2,1H3,(H,24,28). The highest BCUT2D eigenvalue weighted by Gasteiger charge is 2.19. The van der Waals surface area contributed by atoms with Crippen molar-refractivity contribution >= 4 is 5.91 Å². The third kappa shape index (κ3) is 6.62. The van der Waals surface area contributed by atoms with Crippen LogP contribution in [0.5, 0.6) is 17.2 Å². The number of morpholine rings is 1. The quantitative estimate of drug-likeness (QED) is 0.417. The number of rotatable bonds is 9. The van der Waals surface area contributed by atoms with Crippen LogP contribution in [0.3, 0.4) is 0 Å². The number of benzene rings is 2. The van der Waals surface area contributed by atoms with E-state index in [0.29, 0.717) is 25.3 Å². The summed E-state index contributed by atoms with van der Waals surface area (Å²) in [6.07, 6.45) is -0.227. The van der Waals surface area contributed by atoms with Crippen LogP contribution < -0.4 is 15.4 Å². The van der Waals surface area contributed by atoms with Crippen LogP contribution in [0, 0.1) is 0 Å². The molecule has 8 nitrogen and oxygen atoms in total. The van der Waals surface area contributed by atoms with Gasteiger partial charge in [0.1, 0.15) is 36.6 Å².